The van der Waals surface area contributed by atoms with Gasteiger partial charge in [-0.2, -0.15) is 5.10 Å². The second-order valence-corrected chi connectivity index (χ2v) is 4.33. The minimum absolute atomic E-state index is 0.0167. The second-order valence-electron chi connectivity index (χ2n) is 4.33. The van der Waals surface area contributed by atoms with Crippen molar-refractivity contribution in [1.82, 2.24) is 9.78 Å². The summed E-state index contributed by atoms with van der Waals surface area (Å²) in [5.74, 6) is -1.07. The number of aromatic carboxylic acids is 1. The fraction of sp³-hybridized carbons (Fsp3) is 0.286. The molecule has 0 fully saturated rings. The number of carbonyl (C=O) groups is 1. The van der Waals surface area contributed by atoms with Gasteiger partial charge in [0.05, 0.1) is 18.0 Å². The highest BCUT2D eigenvalue weighted by Crippen LogP contribution is 2.16. The van der Waals surface area contributed by atoms with E-state index in [1.807, 2.05) is 6.92 Å². The van der Waals surface area contributed by atoms with Crippen molar-refractivity contribution in [3.8, 4) is 5.75 Å². The monoisotopic (exact) mass is 278 g/mol. The van der Waals surface area contributed by atoms with Crippen LogP contribution in [-0.4, -0.2) is 20.9 Å². The third-order valence-electron chi connectivity index (χ3n) is 2.75. The standard InChI is InChI=1S/C14H15FN2O3/c1-2-5-17-8-12(7-16-17)20-9-10-6-11(15)3-4-13(10)14(18)19/h3-4,6-8H,2,5,9H2,1H3,(H,18,19). The Morgan fingerprint density at radius 2 is 2.30 bits per heavy atom. The molecule has 2 rings (SSSR count). The number of carboxylic acids is 1. The number of hydrogen-bond donors (Lipinski definition) is 1. The second kappa shape index (κ2) is 6.18. The Kier molecular flexibility index (Phi) is 4.34. The van der Waals surface area contributed by atoms with Crippen LogP contribution in [0.2, 0.25) is 0 Å². The molecule has 0 aliphatic heterocycles. The largest absolute Gasteiger partial charge is 0.486 e. The van der Waals surface area contributed by atoms with Crippen LogP contribution in [0.3, 0.4) is 0 Å². The molecule has 0 aliphatic carbocycles. The fourth-order valence-corrected chi connectivity index (χ4v) is 1.82. The molecule has 0 bridgehead atoms. The van der Waals surface area contributed by atoms with E-state index in [0.29, 0.717) is 11.3 Å². The Hall–Kier alpha value is -2.37. The van der Waals surface area contributed by atoms with Crippen molar-refractivity contribution >= 4 is 5.97 Å². The van der Waals surface area contributed by atoms with E-state index in [-0.39, 0.29) is 12.2 Å². The molecule has 20 heavy (non-hydrogen) atoms. The Balaban J connectivity index is 2.09. The van der Waals surface area contributed by atoms with Crippen LogP contribution in [0.1, 0.15) is 29.3 Å². The molecule has 6 heteroatoms. The summed E-state index contributed by atoms with van der Waals surface area (Å²) >= 11 is 0. The molecule has 5 nitrogen and oxygen atoms in total. The first-order valence-electron chi connectivity index (χ1n) is 6.27. The van der Waals surface area contributed by atoms with E-state index in [1.54, 1.807) is 17.1 Å². The van der Waals surface area contributed by atoms with E-state index in [9.17, 15) is 9.18 Å². The molecule has 0 amide bonds. The zero-order valence-corrected chi connectivity index (χ0v) is 11.0. The van der Waals surface area contributed by atoms with E-state index in [2.05, 4.69) is 5.10 Å². The number of carboxylic acid groups (broad SMARTS) is 1. The lowest BCUT2D eigenvalue weighted by atomic mass is 10.1. The van der Waals surface area contributed by atoms with Gasteiger partial charge in [-0.1, -0.05) is 6.92 Å². The molecule has 1 N–H and O–H groups in total. The summed E-state index contributed by atoms with van der Waals surface area (Å²) in [5.41, 5.74) is 0.327. The lowest BCUT2D eigenvalue weighted by Gasteiger charge is -2.07. The van der Waals surface area contributed by atoms with Crippen LogP contribution in [0.25, 0.3) is 0 Å². The average Bonchev–Trinajstić information content (AvgIpc) is 2.84. The van der Waals surface area contributed by atoms with Crippen molar-refractivity contribution in [2.75, 3.05) is 0 Å². The fourth-order valence-electron chi connectivity index (χ4n) is 1.82. The van der Waals surface area contributed by atoms with E-state index in [1.165, 1.54) is 12.1 Å². The van der Waals surface area contributed by atoms with Crippen molar-refractivity contribution in [3.63, 3.8) is 0 Å². The first-order chi connectivity index (χ1) is 9.60. The molecule has 1 heterocycles. The van der Waals surface area contributed by atoms with Crippen LogP contribution in [0.15, 0.2) is 30.6 Å². The molecule has 1 aromatic carbocycles. The van der Waals surface area contributed by atoms with Crippen LogP contribution >= 0.6 is 0 Å². The SMILES string of the molecule is CCCn1cc(OCc2cc(F)ccc2C(=O)O)cn1. The smallest absolute Gasteiger partial charge is 0.336 e. The Morgan fingerprint density at radius 3 is 3.00 bits per heavy atom. The Labute approximate surface area is 115 Å². The van der Waals surface area contributed by atoms with Crippen molar-refractivity contribution in [3.05, 3.63) is 47.5 Å². The highest BCUT2D eigenvalue weighted by molar-refractivity contribution is 5.89. The summed E-state index contributed by atoms with van der Waals surface area (Å²) in [5, 5.41) is 13.1. The number of nitrogens with zero attached hydrogens (tertiary/aromatic N) is 2. The van der Waals surface area contributed by atoms with Gasteiger partial charge in [-0.25, -0.2) is 9.18 Å². The number of halogens is 1. The molecule has 0 spiro atoms. The quantitative estimate of drug-likeness (QED) is 0.882. The minimum atomic E-state index is -1.11. The Bertz CT molecular complexity index is 610. The van der Waals surface area contributed by atoms with E-state index in [4.69, 9.17) is 9.84 Å². The molecular formula is C14H15FN2O3. The summed E-state index contributed by atoms with van der Waals surface area (Å²) < 4.78 is 20.4. The number of ether oxygens (including phenoxy) is 1. The van der Waals surface area contributed by atoms with Crippen LogP contribution in [0.4, 0.5) is 4.39 Å². The molecule has 0 unspecified atom stereocenters. The van der Waals surface area contributed by atoms with Crippen molar-refractivity contribution in [2.24, 2.45) is 0 Å². The van der Waals surface area contributed by atoms with Gasteiger partial charge in [0, 0.05) is 12.1 Å². The summed E-state index contributed by atoms with van der Waals surface area (Å²) in [6.07, 6.45) is 4.23. The molecule has 0 radical (unpaired) electrons. The van der Waals surface area contributed by atoms with E-state index in [0.717, 1.165) is 19.0 Å². The molecule has 0 saturated carbocycles. The van der Waals surface area contributed by atoms with Gasteiger partial charge in [0.25, 0.3) is 0 Å². The van der Waals surface area contributed by atoms with Crippen LogP contribution in [0.5, 0.6) is 5.75 Å². The lowest BCUT2D eigenvalue weighted by molar-refractivity contribution is 0.0694. The normalized spacial score (nSPS) is 10.5. The van der Waals surface area contributed by atoms with E-state index < -0.39 is 11.8 Å². The molecule has 0 atom stereocenters. The van der Waals surface area contributed by atoms with Gasteiger partial charge in [-0.15, -0.1) is 0 Å². The topological polar surface area (TPSA) is 64.3 Å². The number of benzene rings is 1. The third-order valence-corrected chi connectivity index (χ3v) is 2.75. The highest BCUT2D eigenvalue weighted by atomic mass is 19.1. The maximum absolute atomic E-state index is 13.2. The lowest BCUT2D eigenvalue weighted by Crippen LogP contribution is -2.06. The first-order valence-corrected chi connectivity index (χ1v) is 6.27. The summed E-state index contributed by atoms with van der Waals surface area (Å²) in [4.78, 5) is 11.0. The number of aryl methyl sites for hydroxylation is 1. The van der Waals surface area contributed by atoms with E-state index >= 15 is 0 Å². The zero-order valence-electron chi connectivity index (χ0n) is 11.0. The predicted molar refractivity (Wildman–Crippen MR) is 70.2 cm³/mol. The molecule has 0 aliphatic rings. The number of hydrogen-bond acceptors (Lipinski definition) is 3. The molecule has 106 valence electrons. The minimum Gasteiger partial charge on any atom is -0.486 e. The van der Waals surface area contributed by atoms with Crippen molar-refractivity contribution < 1.29 is 19.0 Å². The van der Waals surface area contributed by atoms with Crippen LogP contribution in [-0.2, 0) is 13.2 Å². The van der Waals surface area contributed by atoms with Gasteiger partial charge in [-0.05, 0) is 24.6 Å². The van der Waals surface area contributed by atoms with Crippen molar-refractivity contribution in [1.29, 1.82) is 0 Å². The van der Waals surface area contributed by atoms with Gasteiger partial charge in [0.15, 0.2) is 5.75 Å². The predicted octanol–water partition coefficient (Wildman–Crippen LogP) is 2.71. The third kappa shape index (κ3) is 3.34. The zero-order chi connectivity index (χ0) is 14.5. The van der Waals surface area contributed by atoms with Gasteiger partial charge in [0.2, 0.25) is 0 Å². The molecule has 0 saturated heterocycles. The number of rotatable bonds is 6. The van der Waals surface area contributed by atoms with Gasteiger partial charge < -0.3 is 9.84 Å². The number of aromatic nitrogens is 2. The van der Waals surface area contributed by atoms with Crippen LogP contribution < -0.4 is 4.74 Å². The van der Waals surface area contributed by atoms with Gasteiger partial charge in [-0.3, -0.25) is 4.68 Å². The maximum atomic E-state index is 13.2. The van der Waals surface area contributed by atoms with Gasteiger partial charge in [0.1, 0.15) is 12.4 Å². The van der Waals surface area contributed by atoms with Crippen LogP contribution in [0, 0.1) is 5.82 Å². The summed E-state index contributed by atoms with van der Waals surface area (Å²) in [6, 6.07) is 3.52. The van der Waals surface area contributed by atoms with Gasteiger partial charge >= 0.3 is 5.97 Å². The highest BCUT2D eigenvalue weighted by Gasteiger charge is 2.12. The Morgan fingerprint density at radius 1 is 1.50 bits per heavy atom. The molecule has 2 aromatic rings. The maximum Gasteiger partial charge on any atom is 0.336 e. The first kappa shape index (κ1) is 14.0. The molecule has 1 aromatic heterocycles. The van der Waals surface area contributed by atoms with Crippen molar-refractivity contribution in [2.45, 2.75) is 26.5 Å². The average molecular weight is 278 g/mol. The molecular weight excluding hydrogens is 263 g/mol. The summed E-state index contributed by atoms with van der Waals surface area (Å²) in [6.45, 7) is 2.80. The summed E-state index contributed by atoms with van der Waals surface area (Å²) in [7, 11) is 0.